The molecule has 0 radical (unpaired) electrons. The fourth-order valence-electron chi connectivity index (χ4n) is 0.987. The first kappa shape index (κ1) is 12.2. The number of hydrogen-bond donors (Lipinski definition) is 4. The smallest absolute Gasteiger partial charge is 0.146 e. The van der Waals surface area contributed by atoms with Gasteiger partial charge in [-0.05, 0) is 15.9 Å². The minimum atomic E-state index is -0.430. The van der Waals surface area contributed by atoms with Crippen molar-refractivity contribution in [3.8, 4) is 0 Å². The molecule has 0 aliphatic carbocycles. The van der Waals surface area contributed by atoms with E-state index in [9.17, 15) is 0 Å². The average molecular weight is 277 g/mol. The maximum atomic E-state index is 8.91. The van der Waals surface area contributed by atoms with E-state index in [0.29, 0.717) is 16.1 Å². The second-order valence-electron chi connectivity index (χ2n) is 2.84. The van der Waals surface area contributed by atoms with Crippen LogP contribution >= 0.6 is 15.9 Å². The fraction of sp³-hybridized carbons (Fsp3) is 0.500. The highest BCUT2D eigenvalue weighted by molar-refractivity contribution is 9.10. The molecule has 1 rings (SSSR count). The molecule has 6 nitrogen and oxygen atoms in total. The van der Waals surface area contributed by atoms with Gasteiger partial charge in [-0.2, -0.15) is 0 Å². The van der Waals surface area contributed by atoms with Gasteiger partial charge in [0.05, 0.1) is 19.3 Å². The van der Waals surface area contributed by atoms with Crippen LogP contribution < -0.4 is 10.6 Å². The highest BCUT2D eigenvalue weighted by atomic mass is 79.9. The zero-order valence-corrected chi connectivity index (χ0v) is 9.82. The van der Waals surface area contributed by atoms with Gasteiger partial charge in [0.15, 0.2) is 0 Å². The summed E-state index contributed by atoms with van der Waals surface area (Å²) in [5.41, 5.74) is 0. The summed E-state index contributed by atoms with van der Waals surface area (Å²) in [6.45, 7) is -0.330. The topological polar surface area (TPSA) is 90.3 Å². The Kier molecular flexibility index (Phi) is 4.73. The van der Waals surface area contributed by atoms with Crippen LogP contribution in [0.25, 0.3) is 0 Å². The molecule has 7 heteroatoms. The van der Waals surface area contributed by atoms with Gasteiger partial charge >= 0.3 is 0 Å². The number of halogens is 1. The van der Waals surface area contributed by atoms with Gasteiger partial charge in [-0.15, -0.1) is 0 Å². The van der Waals surface area contributed by atoms with Gasteiger partial charge in [0, 0.05) is 7.05 Å². The molecular formula is C8H13BrN4O2. The van der Waals surface area contributed by atoms with Crippen molar-refractivity contribution in [2.45, 2.75) is 6.04 Å². The van der Waals surface area contributed by atoms with Crippen molar-refractivity contribution in [1.82, 2.24) is 9.97 Å². The maximum absolute atomic E-state index is 8.91. The Balaban J connectivity index is 2.85. The maximum Gasteiger partial charge on any atom is 0.146 e. The van der Waals surface area contributed by atoms with E-state index in [-0.39, 0.29) is 13.2 Å². The molecule has 0 aliphatic heterocycles. The lowest BCUT2D eigenvalue weighted by atomic mass is 10.3. The van der Waals surface area contributed by atoms with Crippen molar-refractivity contribution in [3.63, 3.8) is 0 Å². The normalized spacial score (nSPS) is 10.5. The molecule has 0 spiro atoms. The van der Waals surface area contributed by atoms with Crippen LogP contribution in [0.1, 0.15) is 0 Å². The van der Waals surface area contributed by atoms with Crippen molar-refractivity contribution >= 4 is 27.6 Å². The minimum absolute atomic E-state index is 0.165. The first-order valence-corrected chi connectivity index (χ1v) is 5.18. The van der Waals surface area contributed by atoms with Crippen molar-refractivity contribution < 1.29 is 10.2 Å². The van der Waals surface area contributed by atoms with Gasteiger partial charge in [-0.1, -0.05) is 0 Å². The van der Waals surface area contributed by atoms with E-state index in [1.807, 2.05) is 0 Å². The molecular weight excluding hydrogens is 264 g/mol. The number of aliphatic hydroxyl groups is 2. The van der Waals surface area contributed by atoms with E-state index in [2.05, 4.69) is 36.5 Å². The lowest BCUT2D eigenvalue weighted by Crippen LogP contribution is -2.28. The Bertz CT molecular complexity index is 320. The molecule has 0 bridgehead atoms. The molecule has 1 aromatic heterocycles. The molecule has 0 amide bonds. The molecule has 0 aliphatic rings. The molecule has 1 heterocycles. The quantitative estimate of drug-likeness (QED) is 0.608. The zero-order chi connectivity index (χ0) is 11.3. The largest absolute Gasteiger partial charge is 0.394 e. The number of nitrogens with one attached hydrogen (secondary N) is 2. The van der Waals surface area contributed by atoms with E-state index in [1.165, 1.54) is 6.33 Å². The van der Waals surface area contributed by atoms with Crippen LogP contribution in [-0.2, 0) is 0 Å². The minimum Gasteiger partial charge on any atom is -0.394 e. The van der Waals surface area contributed by atoms with E-state index in [1.54, 1.807) is 7.05 Å². The number of aromatic nitrogens is 2. The Morgan fingerprint density at radius 2 is 1.93 bits per heavy atom. The van der Waals surface area contributed by atoms with Crippen LogP contribution in [0.4, 0.5) is 11.6 Å². The van der Waals surface area contributed by atoms with Gasteiger partial charge in [-0.25, -0.2) is 9.97 Å². The van der Waals surface area contributed by atoms with E-state index in [4.69, 9.17) is 10.2 Å². The summed E-state index contributed by atoms with van der Waals surface area (Å²) in [5.74, 6) is 1.17. The summed E-state index contributed by atoms with van der Waals surface area (Å²) < 4.78 is 0.666. The number of hydrogen-bond acceptors (Lipinski definition) is 6. The first-order valence-electron chi connectivity index (χ1n) is 4.39. The second kappa shape index (κ2) is 5.84. The number of aliphatic hydroxyl groups excluding tert-OH is 2. The molecule has 0 fully saturated rings. The highest BCUT2D eigenvalue weighted by Gasteiger charge is 2.11. The van der Waals surface area contributed by atoms with Crippen LogP contribution in [0.15, 0.2) is 10.8 Å². The summed E-state index contributed by atoms with van der Waals surface area (Å²) in [6, 6.07) is -0.430. The molecule has 4 N–H and O–H groups in total. The SMILES string of the molecule is CNc1ncnc(NC(CO)CO)c1Br. The lowest BCUT2D eigenvalue weighted by molar-refractivity contribution is 0.203. The van der Waals surface area contributed by atoms with Crippen molar-refractivity contribution in [2.75, 3.05) is 30.9 Å². The van der Waals surface area contributed by atoms with Gasteiger partial charge in [0.1, 0.15) is 22.4 Å². The number of nitrogens with zero attached hydrogens (tertiary/aromatic N) is 2. The average Bonchev–Trinajstić information content (AvgIpc) is 2.28. The summed E-state index contributed by atoms with van der Waals surface area (Å²) in [4.78, 5) is 7.97. The Hall–Kier alpha value is -0.920. The second-order valence-corrected chi connectivity index (χ2v) is 3.63. The molecule has 0 saturated heterocycles. The molecule has 1 aromatic rings. The predicted molar refractivity (Wildman–Crippen MR) is 60.9 cm³/mol. The van der Waals surface area contributed by atoms with Crippen LogP contribution in [0.3, 0.4) is 0 Å². The lowest BCUT2D eigenvalue weighted by Gasteiger charge is -2.15. The molecule has 0 aromatic carbocycles. The Morgan fingerprint density at radius 1 is 1.33 bits per heavy atom. The Morgan fingerprint density at radius 3 is 2.47 bits per heavy atom. The third-order valence-corrected chi connectivity index (χ3v) is 2.56. The number of anilines is 2. The van der Waals surface area contributed by atoms with E-state index < -0.39 is 6.04 Å². The van der Waals surface area contributed by atoms with Crippen molar-refractivity contribution in [2.24, 2.45) is 0 Å². The standard InChI is InChI=1S/C8H13BrN4O2/c1-10-7-6(9)8(12-4-11-7)13-5(2-14)3-15/h4-5,14-15H,2-3H2,1H3,(H2,10,11,12,13). The van der Waals surface area contributed by atoms with Gasteiger partial charge in [0.2, 0.25) is 0 Å². The molecule has 0 unspecified atom stereocenters. The third kappa shape index (κ3) is 3.01. The van der Waals surface area contributed by atoms with Gasteiger partial charge in [0.25, 0.3) is 0 Å². The molecule has 15 heavy (non-hydrogen) atoms. The van der Waals surface area contributed by atoms with Crippen molar-refractivity contribution in [3.05, 3.63) is 10.8 Å². The van der Waals surface area contributed by atoms with Crippen LogP contribution in [-0.4, -0.2) is 46.5 Å². The third-order valence-electron chi connectivity index (χ3n) is 1.81. The van der Waals surface area contributed by atoms with Crippen molar-refractivity contribution in [1.29, 1.82) is 0 Å². The van der Waals surface area contributed by atoms with Crippen LogP contribution in [0.5, 0.6) is 0 Å². The number of rotatable bonds is 5. The van der Waals surface area contributed by atoms with Gasteiger partial charge < -0.3 is 20.8 Å². The summed E-state index contributed by atoms with van der Waals surface area (Å²) in [5, 5.41) is 23.6. The van der Waals surface area contributed by atoms with Crippen LogP contribution in [0, 0.1) is 0 Å². The summed E-state index contributed by atoms with van der Waals surface area (Å²) in [7, 11) is 1.74. The molecule has 0 saturated carbocycles. The summed E-state index contributed by atoms with van der Waals surface area (Å²) >= 11 is 3.32. The predicted octanol–water partition coefficient (Wildman–Crippen LogP) is 0.0459. The Labute approximate surface area is 95.9 Å². The van der Waals surface area contributed by atoms with Gasteiger partial charge in [-0.3, -0.25) is 0 Å². The molecule has 84 valence electrons. The monoisotopic (exact) mass is 276 g/mol. The first-order chi connectivity index (χ1) is 7.22. The van der Waals surface area contributed by atoms with Crippen LogP contribution in [0.2, 0.25) is 0 Å². The molecule has 0 atom stereocenters. The fourth-order valence-corrected chi connectivity index (χ4v) is 1.50. The summed E-state index contributed by atoms with van der Waals surface area (Å²) in [6.07, 6.45) is 1.39. The van der Waals surface area contributed by atoms with E-state index in [0.717, 1.165) is 0 Å². The highest BCUT2D eigenvalue weighted by Crippen LogP contribution is 2.26. The van der Waals surface area contributed by atoms with E-state index >= 15 is 0 Å². The zero-order valence-electron chi connectivity index (χ0n) is 8.24.